The number of nitro groups is 1. The van der Waals surface area contributed by atoms with Gasteiger partial charge in [-0.1, -0.05) is 6.92 Å². The Morgan fingerprint density at radius 2 is 1.97 bits per heavy atom. The van der Waals surface area contributed by atoms with Crippen LogP contribution in [-0.2, 0) is 0 Å². The quantitative estimate of drug-likeness (QED) is 0.271. The van der Waals surface area contributed by atoms with Gasteiger partial charge in [-0.15, -0.1) is 0 Å². The highest BCUT2D eigenvalue weighted by atomic mass is 16.6. The minimum Gasteiger partial charge on any atom is -0.496 e. The first kappa shape index (κ1) is 25.0. The Hall–Kier alpha value is -4.08. The van der Waals surface area contributed by atoms with Crippen molar-refractivity contribution in [1.82, 2.24) is 5.43 Å². The number of fused-ring (bicyclic) bond motifs is 2. The molecule has 10 heteroatoms. The summed E-state index contributed by atoms with van der Waals surface area (Å²) in [7, 11) is 2.98. The lowest BCUT2D eigenvalue weighted by atomic mass is 9.79. The number of amides is 1. The van der Waals surface area contributed by atoms with Gasteiger partial charge < -0.3 is 18.8 Å². The number of anilines is 1. The number of nitrogens with one attached hydrogen (secondary N) is 1. The molecule has 1 aromatic heterocycles. The van der Waals surface area contributed by atoms with Crippen molar-refractivity contribution in [1.29, 1.82) is 0 Å². The van der Waals surface area contributed by atoms with E-state index in [0.29, 0.717) is 17.1 Å². The Morgan fingerprint density at radius 1 is 1.25 bits per heavy atom. The third kappa shape index (κ3) is 4.46. The topological polar surface area (TPSA) is 119 Å². The summed E-state index contributed by atoms with van der Waals surface area (Å²) in [6.07, 6.45) is 2.55. The maximum absolute atomic E-state index is 12.7. The number of carbonyl (C=O) groups excluding carboxylic acids is 1. The van der Waals surface area contributed by atoms with E-state index in [1.54, 1.807) is 7.11 Å². The number of methoxy groups -OCH3 is 2. The molecule has 1 N–H and O–H groups in total. The average Bonchev–Trinajstić information content (AvgIpc) is 3.27. The number of benzene rings is 2. The molecule has 2 heterocycles. The monoisotopic (exact) mass is 494 g/mol. The van der Waals surface area contributed by atoms with Gasteiger partial charge in [-0.25, -0.2) is 5.43 Å². The van der Waals surface area contributed by atoms with Gasteiger partial charge in [-0.3, -0.25) is 14.9 Å². The maximum atomic E-state index is 12.7. The fraction of sp³-hybridized carbons (Fsp3) is 0.385. The fourth-order valence-corrected chi connectivity index (χ4v) is 5.09. The third-order valence-corrected chi connectivity index (χ3v) is 6.64. The summed E-state index contributed by atoms with van der Waals surface area (Å²) in [6.45, 7) is 9.73. The standard InChI is InChI=1S/C26H30N4O6/c1-7-29-20-12-21(34-5)17(9-19(20)15(2)13-26(29,3)4)14-27-28-25(31)23-10-16-8-18(30(32)33)11-22(35-6)24(16)36-23/h8-12,14-15H,7,13H2,1-6H3,(H,28,31)/b27-14-. The highest BCUT2D eigenvalue weighted by Gasteiger charge is 2.36. The number of carbonyl (C=O) groups is 1. The summed E-state index contributed by atoms with van der Waals surface area (Å²) in [5.74, 6) is 0.513. The number of hydrogen-bond donors (Lipinski definition) is 1. The van der Waals surface area contributed by atoms with E-state index in [1.807, 2.05) is 6.07 Å². The van der Waals surface area contributed by atoms with E-state index in [0.717, 1.165) is 24.2 Å². The molecule has 36 heavy (non-hydrogen) atoms. The molecule has 0 fully saturated rings. The Kier molecular flexibility index (Phi) is 6.62. The number of non-ortho nitro benzene ring substituents is 1. The third-order valence-electron chi connectivity index (χ3n) is 6.64. The van der Waals surface area contributed by atoms with Crippen molar-refractivity contribution in [2.75, 3.05) is 25.7 Å². The fourth-order valence-electron chi connectivity index (χ4n) is 5.09. The van der Waals surface area contributed by atoms with Crippen LogP contribution in [0.1, 0.15) is 61.7 Å². The summed E-state index contributed by atoms with van der Waals surface area (Å²) < 4.78 is 16.4. The van der Waals surface area contributed by atoms with E-state index in [2.05, 4.69) is 49.2 Å². The Labute approximate surface area is 209 Å². The first-order valence-corrected chi connectivity index (χ1v) is 11.7. The van der Waals surface area contributed by atoms with Crippen molar-refractivity contribution in [2.24, 2.45) is 5.10 Å². The van der Waals surface area contributed by atoms with E-state index in [-0.39, 0.29) is 28.3 Å². The second-order valence-corrected chi connectivity index (χ2v) is 9.45. The molecule has 190 valence electrons. The van der Waals surface area contributed by atoms with E-state index in [4.69, 9.17) is 13.9 Å². The lowest BCUT2D eigenvalue weighted by molar-refractivity contribution is -0.384. The normalized spacial score (nSPS) is 16.7. The first-order valence-electron chi connectivity index (χ1n) is 11.7. The number of rotatable bonds is 7. The second-order valence-electron chi connectivity index (χ2n) is 9.45. The molecule has 1 atom stereocenters. The number of furan rings is 1. The highest BCUT2D eigenvalue weighted by Crippen LogP contribution is 2.45. The van der Waals surface area contributed by atoms with Crippen molar-refractivity contribution in [3.63, 3.8) is 0 Å². The molecule has 0 aliphatic carbocycles. The Bertz CT molecular complexity index is 1360. The van der Waals surface area contributed by atoms with Crippen molar-refractivity contribution < 1.29 is 23.6 Å². The van der Waals surface area contributed by atoms with Gasteiger partial charge in [0.05, 0.1) is 31.4 Å². The minimum atomic E-state index is -0.601. The molecule has 0 bridgehead atoms. The van der Waals surface area contributed by atoms with Gasteiger partial charge in [0, 0.05) is 40.9 Å². The SMILES string of the molecule is CCN1c2cc(OC)c(/C=N\NC(=O)c3cc4cc([N+](=O)[O-])cc(OC)c4o3)cc2C(C)CC1(C)C. The van der Waals surface area contributed by atoms with Gasteiger partial charge in [-0.2, -0.15) is 5.10 Å². The number of ether oxygens (including phenoxy) is 2. The van der Waals surface area contributed by atoms with Crippen LogP contribution in [0.4, 0.5) is 11.4 Å². The lowest BCUT2D eigenvalue weighted by Gasteiger charge is -2.47. The van der Waals surface area contributed by atoms with Crippen LogP contribution in [0.25, 0.3) is 11.0 Å². The van der Waals surface area contributed by atoms with Crippen LogP contribution in [0.15, 0.2) is 39.9 Å². The zero-order valence-electron chi connectivity index (χ0n) is 21.2. The zero-order valence-corrected chi connectivity index (χ0v) is 21.2. The van der Waals surface area contributed by atoms with Crippen molar-refractivity contribution in [2.45, 2.75) is 45.6 Å². The molecule has 0 saturated heterocycles. The van der Waals surface area contributed by atoms with Gasteiger partial charge in [0.15, 0.2) is 17.1 Å². The smallest absolute Gasteiger partial charge is 0.307 e. The predicted molar refractivity (Wildman–Crippen MR) is 138 cm³/mol. The van der Waals surface area contributed by atoms with Crippen LogP contribution >= 0.6 is 0 Å². The summed E-state index contributed by atoms with van der Waals surface area (Å²) in [4.78, 5) is 25.7. The molecule has 0 saturated carbocycles. The molecule has 1 aliphatic heterocycles. The largest absolute Gasteiger partial charge is 0.496 e. The molecule has 3 aromatic rings. The maximum Gasteiger partial charge on any atom is 0.307 e. The van der Waals surface area contributed by atoms with E-state index in [1.165, 1.54) is 37.1 Å². The molecule has 1 unspecified atom stereocenters. The number of nitrogens with zero attached hydrogens (tertiary/aromatic N) is 3. The Morgan fingerprint density at radius 3 is 2.61 bits per heavy atom. The first-order chi connectivity index (χ1) is 17.1. The van der Waals surface area contributed by atoms with Gasteiger partial charge >= 0.3 is 5.91 Å². The summed E-state index contributed by atoms with van der Waals surface area (Å²) >= 11 is 0. The molecule has 0 spiro atoms. The van der Waals surface area contributed by atoms with E-state index < -0.39 is 10.8 Å². The molecular weight excluding hydrogens is 464 g/mol. The van der Waals surface area contributed by atoms with Crippen LogP contribution in [0, 0.1) is 10.1 Å². The van der Waals surface area contributed by atoms with Gasteiger partial charge in [0.2, 0.25) is 0 Å². The van der Waals surface area contributed by atoms with Crippen LogP contribution in [0.5, 0.6) is 11.5 Å². The number of nitro benzene ring substituents is 1. The molecule has 2 aromatic carbocycles. The van der Waals surface area contributed by atoms with Crippen LogP contribution in [0.2, 0.25) is 0 Å². The summed E-state index contributed by atoms with van der Waals surface area (Å²) in [5, 5.41) is 15.7. The van der Waals surface area contributed by atoms with Crippen molar-refractivity contribution in [3.8, 4) is 11.5 Å². The Balaban J connectivity index is 1.60. The summed E-state index contributed by atoms with van der Waals surface area (Å²) in [6, 6.07) is 8.06. The van der Waals surface area contributed by atoms with Crippen molar-refractivity contribution in [3.05, 3.63) is 57.3 Å². The van der Waals surface area contributed by atoms with Gasteiger partial charge in [0.1, 0.15) is 5.75 Å². The van der Waals surface area contributed by atoms with E-state index >= 15 is 0 Å². The molecule has 0 radical (unpaired) electrons. The van der Waals surface area contributed by atoms with Crippen LogP contribution < -0.4 is 19.8 Å². The average molecular weight is 495 g/mol. The van der Waals surface area contributed by atoms with E-state index in [9.17, 15) is 14.9 Å². The second kappa shape index (κ2) is 9.52. The molecule has 1 aliphatic rings. The summed E-state index contributed by atoms with van der Waals surface area (Å²) in [5.41, 5.74) is 5.65. The molecule has 4 rings (SSSR count). The number of hydrogen-bond acceptors (Lipinski definition) is 8. The zero-order chi connectivity index (χ0) is 26.2. The van der Waals surface area contributed by atoms with Crippen LogP contribution in [0.3, 0.4) is 0 Å². The highest BCUT2D eigenvalue weighted by molar-refractivity contribution is 5.98. The predicted octanol–water partition coefficient (Wildman–Crippen LogP) is 5.23. The molecule has 10 nitrogen and oxygen atoms in total. The molecular formula is C26H30N4O6. The molecule has 1 amide bonds. The lowest BCUT2D eigenvalue weighted by Crippen LogP contribution is -2.48. The van der Waals surface area contributed by atoms with Crippen LogP contribution in [-0.4, -0.2) is 43.3 Å². The van der Waals surface area contributed by atoms with Gasteiger partial charge in [-0.05, 0) is 50.8 Å². The van der Waals surface area contributed by atoms with Crippen molar-refractivity contribution >= 4 is 34.5 Å². The van der Waals surface area contributed by atoms with Gasteiger partial charge in [0.25, 0.3) is 5.69 Å². The number of hydrazone groups is 1. The minimum absolute atomic E-state index is 0.0332.